The Balaban J connectivity index is 2.18. The van der Waals surface area contributed by atoms with Crippen molar-refractivity contribution in [1.29, 1.82) is 0 Å². The van der Waals surface area contributed by atoms with E-state index in [9.17, 15) is 0 Å². The summed E-state index contributed by atoms with van der Waals surface area (Å²) in [4.78, 5) is 32.9. The van der Waals surface area contributed by atoms with E-state index in [1.165, 1.54) is 0 Å². The van der Waals surface area contributed by atoms with Gasteiger partial charge in [0.15, 0.2) is 0 Å². The minimum atomic E-state index is -5.76. The van der Waals surface area contributed by atoms with Crippen LogP contribution in [0, 0.1) is 0 Å². The van der Waals surface area contributed by atoms with Gasteiger partial charge in [-0.25, -0.2) is 0 Å². The molecule has 0 saturated heterocycles. The van der Waals surface area contributed by atoms with Crippen molar-refractivity contribution in [3.8, 4) is 11.1 Å². The van der Waals surface area contributed by atoms with Crippen molar-refractivity contribution in [1.82, 2.24) is 0 Å². The summed E-state index contributed by atoms with van der Waals surface area (Å²) in [6.45, 7) is 54.5. The maximum atomic E-state index is 17.0. The molecule has 0 spiro atoms. The monoisotopic (exact) mass is 1020 g/mol. The van der Waals surface area contributed by atoms with E-state index in [2.05, 4.69) is 287 Å². The van der Waals surface area contributed by atoms with Gasteiger partial charge < -0.3 is 0 Å². The molecule has 6 aromatic rings. The van der Waals surface area contributed by atoms with Gasteiger partial charge in [-0.15, -0.1) is 0 Å². The predicted octanol–water partition coefficient (Wildman–Crippen LogP) is 16.9. The van der Waals surface area contributed by atoms with E-state index in [4.69, 9.17) is 4.31 Å². The average molecular weight is 1020 g/mol. The van der Waals surface area contributed by atoms with Crippen molar-refractivity contribution < 1.29 is 14.1 Å². The standard InChI is InChI=1S/C68H95O3P2/c1-61(2,3)48-37-30-41-52(57(48)65(13,14)15)72(69,53-42-31-38-49(62(4,5)6)58(53)66(16,17)18)71-73(70,54-43-29-28-36-47(54)46-34-26-25-27-35-46,55-44-32-39-50(63(7,8)9)59(55)67(19,20)21)56-45-33-40-51(64(10,11)12)60(56)68(22,23)24/h25-45,69-70H,1-24H3/q+1. The van der Waals surface area contributed by atoms with Crippen LogP contribution < -0.4 is 26.5 Å². The Kier molecular flexibility index (Phi) is 15.1. The summed E-state index contributed by atoms with van der Waals surface area (Å²) in [5, 5.41) is 3.58. The predicted molar refractivity (Wildman–Crippen MR) is 325 cm³/mol. The van der Waals surface area contributed by atoms with Gasteiger partial charge in [-0.05, 0) is 0 Å². The third kappa shape index (κ3) is 10.8. The molecule has 2 N–H and O–H groups in total. The van der Waals surface area contributed by atoms with Crippen LogP contribution in [0.4, 0.5) is 0 Å². The van der Waals surface area contributed by atoms with Gasteiger partial charge in [0.25, 0.3) is 0 Å². The molecule has 6 rings (SSSR count). The van der Waals surface area contributed by atoms with Crippen LogP contribution in [-0.2, 0) is 47.6 Å². The van der Waals surface area contributed by atoms with Gasteiger partial charge >= 0.3 is 448 Å². The Morgan fingerprint density at radius 1 is 0.315 bits per heavy atom. The van der Waals surface area contributed by atoms with Gasteiger partial charge in [-0.3, -0.25) is 0 Å². The summed E-state index contributed by atoms with van der Waals surface area (Å²) in [6.07, 6.45) is 0. The second kappa shape index (κ2) is 19.0. The van der Waals surface area contributed by atoms with Gasteiger partial charge in [-0.1, -0.05) is 0 Å². The summed E-state index contributed by atoms with van der Waals surface area (Å²) >= 11 is 0. The number of benzene rings is 6. The zero-order valence-corrected chi connectivity index (χ0v) is 51.6. The topological polar surface area (TPSA) is 49.7 Å². The van der Waals surface area contributed by atoms with E-state index in [0.717, 1.165) is 76.9 Å². The van der Waals surface area contributed by atoms with Gasteiger partial charge in [0.05, 0.1) is 0 Å². The van der Waals surface area contributed by atoms with Crippen LogP contribution in [0.3, 0.4) is 0 Å². The van der Waals surface area contributed by atoms with Crippen molar-refractivity contribution in [2.24, 2.45) is 0 Å². The number of hydrogen-bond acceptors (Lipinski definition) is 3. The normalized spacial score (nSPS) is 14.5. The molecule has 0 amide bonds. The second-order valence-electron chi connectivity index (χ2n) is 29.3. The summed E-state index contributed by atoms with van der Waals surface area (Å²) < 4.78 is 8.97. The van der Waals surface area contributed by atoms with Crippen LogP contribution in [0.1, 0.15) is 211 Å². The Morgan fingerprint density at radius 2 is 0.603 bits per heavy atom. The van der Waals surface area contributed by atoms with E-state index >= 15 is 9.79 Å². The van der Waals surface area contributed by atoms with E-state index in [1.54, 1.807) is 0 Å². The molecule has 0 saturated carbocycles. The van der Waals surface area contributed by atoms with Gasteiger partial charge in [0, 0.05) is 0 Å². The number of rotatable bonds is 8. The summed E-state index contributed by atoms with van der Waals surface area (Å²) in [5.41, 5.74) is 7.17. The van der Waals surface area contributed by atoms with Crippen LogP contribution in [0.5, 0.6) is 0 Å². The Hall–Kier alpha value is -3.94. The molecule has 0 aromatic heterocycles. The zero-order chi connectivity index (χ0) is 55.2. The van der Waals surface area contributed by atoms with E-state index in [0.29, 0.717) is 5.30 Å². The quantitative estimate of drug-likeness (QED) is 0.149. The Morgan fingerprint density at radius 3 is 0.932 bits per heavy atom. The zero-order valence-electron chi connectivity index (χ0n) is 49.8. The van der Waals surface area contributed by atoms with Crippen molar-refractivity contribution in [3.63, 3.8) is 0 Å². The van der Waals surface area contributed by atoms with Crippen LogP contribution in [-0.4, -0.2) is 9.79 Å². The second-order valence-corrected chi connectivity index (χ2v) is 35.5. The molecule has 0 aliphatic carbocycles. The fourth-order valence-electron chi connectivity index (χ4n) is 11.7. The van der Waals surface area contributed by atoms with Crippen molar-refractivity contribution in [3.05, 3.63) is 172 Å². The SMILES string of the molecule is CC(C)(C)c1cccc([P+](O)(OP(O)(c2ccccc2-c2ccccc2)(c2cccc(C(C)(C)C)c2C(C)(C)C)c2cccc(C(C)(C)C)c2C(C)(C)C)c2cccc(C(C)(C)C)c2C(C)(C)C)c1C(C)(C)C. The Bertz CT molecular complexity index is 2820. The molecule has 0 unspecified atom stereocenters. The molecule has 0 heterocycles. The summed E-state index contributed by atoms with van der Waals surface area (Å²) in [7, 11) is -10.1. The first kappa shape index (κ1) is 58.3. The first-order valence-electron chi connectivity index (χ1n) is 26.8. The number of hydrogen-bond donors (Lipinski definition) is 2. The summed E-state index contributed by atoms with van der Waals surface area (Å²) in [6, 6.07) is 45.0. The average Bonchev–Trinajstić information content (AvgIpc) is 3.26. The summed E-state index contributed by atoms with van der Waals surface area (Å²) in [5.74, 6) is 0. The molecule has 0 bridgehead atoms. The third-order valence-electron chi connectivity index (χ3n) is 14.7. The molecule has 6 aromatic carbocycles. The first-order chi connectivity index (χ1) is 33.0. The van der Waals surface area contributed by atoms with E-state index < -0.39 is 36.4 Å². The van der Waals surface area contributed by atoms with Crippen molar-refractivity contribution >= 4 is 41.3 Å². The molecule has 0 aliphatic rings. The molecule has 394 valence electrons. The van der Waals surface area contributed by atoms with Gasteiger partial charge in [-0.2, -0.15) is 0 Å². The fourth-order valence-corrected chi connectivity index (χ4v) is 21.9. The molecular formula is C68H95O3P2+. The van der Waals surface area contributed by atoms with Crippen molar-refractivity contribution in [2.45, 2.75) is 209 Å². The third-order valence-corrected chi connectivity index (χ3v) is 22.7. The van der Waals surface area contributed by atoms with E-state index in [-0.39, 0.29) is 21.7 Å². The maximum absolute atomic E-state index is 17.0. The molecule has 73 heavy (non-hydrogen) atoms. The van der Waals surface area contributed by atoms with Crippen LogP contribution in [0.15, 0.2) is 127 Å². The van der Waals surface area contributed by atoms with Crippen LogP contribution >= 0.6 is 14.8 Å². The molecule has 3 nitrogen and oxygen atoms in total. The molecule has 5 heteroatoms. The fraction of sp³-hybridized carbons (Fsp3) is 0.471. The molecule has 0 fully saturated rings. The molecular weight excluding hydrogens is 927 g/mol. The van der Waals surface area contributed by atoms with E-state index in [1.807, 2.05) is 6.07 Å². The minimum absolute atomic E-state index is 0.310. The van der Waals surface area contributed by atoms with Crippen molar-refractivity contribution in [2.75, 3.05) is 0 Å². The molecule has 0 atom stereocenters. The van der Waals surface area contributed by atoms with Crippen LogP contribution in [0.2, 0.25) is 0 Å². The first-order valence-corrected chi connectivity index (χ1v) is 30.6. The molecule has 0 radical (unpaired) electrons. The molecule has 0 aliphatic heterocycles. The van der Waals surface area contributed by atoms with Crippen LogP contribution in [0.25, 0.3) is 11.1 Å². The Labute approximate surface area is 445 Å². The van der Waals surface area contributed by atoms with Gasteiger partial charge in [0.2, 0.25) is 0 Å². The van der Waals surface area contributed by atoms with Gasteiger partial charge in [0.1, 0.15) is 0 Å².